The molecule has 5 nitrogen and oxygen atoms in total. The van der Waals surface area contributed by atoms with Crippen LogP contribution in [0.25, 0.3) is 0 Å². The van der Waals surface area contributed by atoms with Crippen LogP contribution >= 0.6 is 35.0 Å². The van der Waals surface area contributed by atoms with E-state index in [1.807, 2.05) is 6.07 Å². The summed E-state index contributed by atoms with van der Waals surface area (Å²) in [5.41, 5.74) is 0.924. The van der Waals surface area contributed by atoms with Crippen molar-refractivity contribution in [2.24, 2.45) is 0 Å². The van der Waals surface area contributed by atoms with Crippen molar-refractivity contribution in [2.75, 3.05) is 6.61 Å². The molecular formula is C10H10Cl2N4OS. The maximum Gasteiger partial charge on any atom is 0.209 e. The Hall–Kier alpha value is -0.820. The normalized spacial score (nSPS) is 10.8. The Morgan fingerprint density at radius 2 is 2.17 bits per heavy atom. The quantitative estimate of drug-likeness (QED) is 0.859. The van der Waals surface area contributed by atoms with E-state index in [1.54, 1.807) is 16.8 Å². The summed E-state index contributed by atoms with van der Waals surface area (Å²) in [7, 11) is 0. The van der Waals surface area contributed by atoms with Gasteiger partial charge in [-0.2, -0.15) is 0 Å². The van der Waals surface area contributed by atoms with E-state index in [4.69, 9.17) is 28.3 Å². The molecule has 0 fully saturated rings. The van der Waals surface area contributed by atoms with Crippen LogP contribution in [0.15, 0.2) is 23.4 Å². The van der Waals surface area contributed by atoms with Gasteiger partial charge in [0.2, 0.25) is 5.16 Å². The molecule has 0 amide bonds. The molecule has 8 heteroatoms. The highest BCUT2D eigenvalue weighted by Crippen LogP contribution is 2.27. The van der Waals surface area contributed by atoms with Crippen LogP contribution in [-0.2, 0) is 12.3 Å². The van der Waals surface area contributed by atoms with Gasteiger partial charge in [0.05, 0.1) is 13.2 Å². The van der Waals surface area contributed by atoms with Gasteiger partial charge in [-0.15, -0.1) is 5.10 Å². The molecule has 2 aromatic rings. The summed E-state index contributed by atoms with van der Waals surface area (Å²) in [5.74, 6) is 0.616. The van der Waals surface area contributed by atoms with Gasteiger partial charge in [-0.3, -0.25) is 0 Å². The molecule has 0 unspecified atom stereocenters. The molecule has 0 aliphatic heterocycles. The first kappa shape index (κ1) is 13.6. The summed E-state index contributed by atoms with van der Waals surface area (Å²) in [6.45, 7) is 0.370. The van der Waals surface area contributed by atoms with E-state index >= 15 is 0 Å². The van der Waals surface area contributed by atoms with Gasteiger partial charge in [0, 0.05) is 15.8 Å². The van der Waals surface area contributed by atoms with Crippen LogP contribution < -0.4 is 0 Å². The third kappa shape index (κ3) is 3.35. The second kappa shape index (κ2) is 6.38. The van der Waals surface area contributed by atoms with E-state index in [0.29, 0.717) is 27.5 Å². The van der Waals surface area contributed by atoms with Crippen molar-refractivity contribution < 1.29 is 5.11 Å². The van der Waals surface area contributed by atoms with E-state index in [2.05, 4.69) is 15.5 Å². The number of benzene rings is 1. The molecule has 1 N–H and O–H groups in total. The van der Waals surface area contributed by atoms with Crippen LogP contribution in [0.1, 0.15) is 5.56 Å². The lowest BCUT2D eigenvalue weighted by Gasteiger charge is -2.05. The molecule has 0 spiro atoms. The number of aliphatic hydroxyl groups is 1. The lowest BCUT2D eigenvalue weighted by atomic mass is 10.2. The van der Waals surface area contributed by atoms with E-state index < -0.39 is 0 Å². The summed E-state index contributed by atoms with van der Waals surface area (Å²) in [6.07, 6.45) is 0. The van der Waals surface area contributed by atoms with Crippen LogP contribution in [0.5, 0.6) is 0 Å². The van der Waals surface area contributed by atoms with Gasteiger partial charge in [-0.25, -0.2) is 4.68 Å². The number of rotatable bonds is 5. The summed E-state index contributed by atoms with van der Waals surface area (Å²) >= 11 is 13.4. The fourth-order valence-corrected chi connectivity index (χ4v) is 2.68. The number of aromatic nitrogens is 4. The van der Waals surface area contributed by atoms with Gasteiger partial charge >= 0.3 is 0 Å². The SMILES string of the molecule is OCCn1nnnc1SCc1cc(Cl)ccc1Cl. The summed E-state index contributed by atoms with van der Waals surface area (Å²) in [5, 5.41) is 22.0. The molecule has 0 bridgehead atoms. The van der Waals surface area contributed by atoms with Gasteiger partial charge in [0.15, 0.2) is 0 Å². The van der Waals surface area contributed by atoms with Crippen molar-refractivity contribution in [3.63, 3.8) is 0 Å². The Morgan fingerprint density at radius 1 is 1.33 bits per heavy atom. The molecule has 1 aromatic carbocycles. The van der Waals surface area contributed by atoms with Crippen molar-refractivity contribution in [1.82, 2.24) is 20.2 Å². The molecule has 18 heavy (non-hydrogen) atoms. The second-order valence-corrected chi connectivity index (χ2v) is 5.22. The lowest BCUT2D eigenvalue weighted by Crippen LogP contribution is -2.05. The monoisotopic (exact) mass is 304 g/mol. The first-order valence-electron chi connectivity index (χ1n) is 5.14. The minimum Gasteiger partial charge on any atom is -0.394 e. The lowest BCUT2D eigenvalue weighted by molar-refractivity contribution is 0.262. The predicted octanol–water partition coefficient (Wildman–Crippen LogP) is 2.26. The Labute approximate surface area is 118 Å². The third-order valence-electron chi connectivity index (χ3n) is 2.18. The van der Waals surface area contributed by atoms with Gasteiger partial charge in [0.1, 0.15) is 0 Å². The number of tetrazole rings is 1. The van der Waals surface area contributed by atoms with Crippen molar-refractivity contribution in [2.45, 2.75) is 17.5 Å². The minimum atomic E-state index is -0.00345. The van der Waals surface area contributed by atoms with E-state index in [0.717, 1.165) is 5.56 Å². The van der Waals surface area contributed by atoms with Crippen molar-refractivity contribution in [3.05, 3.63) is 33.8 Å². The van der Waals surface area contributed by atoms with Crippen LogP contribution in [0.2, 0.25) is 10.0 Å². The zero-order valence-electron chi connectivity index (χ0n) is 9.25. The predicted molar refractivity (Wildman–Crippen MR) is 70.9 cm³/mol. The molecule has 1 aromatic heterocycles. The maximum absolute atomic E-state index is 8.86. The zero-order chi connectivity index (χ0) is 13.0. The molecule has 2 rings (SSSR count). The second-order valence-electron chi connectivity index (χ2n) is 3.43. The number of halogens is 2. The number of aliphatic hydroxyl groups excluding tert-OH is 1. The zero-order valence-corrected chi connectivity index (χ0v) is 11.6. The van der Waals surface area contributed by atoms with Crippen molar-refractivity contribution in [3.8, 4) is 0 Å². The first-order chi connectivity index (χ1) is 8.70. The average Bonchev–Trinajstić information content (AvgIpc) is 2.78. The Balaban J connectivity index is 2.06. The Kier molecular flexibility index (Phi) is 4.82. The van der Waals surface area contributed by atoms with Crippen LogP contribution in [0.4, 0.5) is 0 Å². The fourth-order valence-electron chi connectivity index (χ4n) is 1.33. The van der Waals surface area contributed by atoms with Gasteiger partial charge in [0.25, 0.3) is 0 Å². The highest BCUT2D eigenvalue weighted by molar-refractivity contribution is 7.98. The van der Waals surface area contributed by atoms with E-state index in [-0.39, 0.29) is 6.61 Å². The maximum atomic E-state index is 8.86. The molecule has 0 aliphatic rings. The standard InChI is InChI=1S/C10H10Cl2N4OS/c11-8-1-2-9(12)7(5-8)6-18-10-13-14-15-16(10)3-4-17/h1-2,5,17H,3-4,6H2. The molecular weight excluding hydrogens is 295 g/mol. The minimum absolute atomic E-state index is 0.00345. The van der Waals surface area contributed by atoms with E-state index in [9.17, 15) is 0 Å². The summed E-state index contributed by atoms with van der Waals surface area (Å²) < 4.78 is 1.54. The fraction of sp³-hybridized carbons (Fsp3) is 0.300. The summed E-state index contributed by atoms with van der Waals surface area (Å²) in [4.78, 5) is 0. The topological polar surface area (TPSA) is 63.8 Å². The molecule has 1 heterocycles. The molecule has 0 radical (unpaired) electrons. The molecule has 0 atom stereocenters. The van der Waals surface area contributed by atoms with Crippen molar-refractivity contribution >= 4 is 35.0 Å². The number of hydrogen-bond acceptors (Lipinski definition) is 5. The highest BCUT2D eigenvalue weighted by Gasteiger charge is 2.08. The van der Waals surface area contributed by atoms with Crippen LogP contribution in [0.3, 0.4) is 0 Å². The average molecular weight is 305 g/mol. The third-order valence-corrected chi connectivity index (χ3v) is 3.79. The van der Waals surface area contributed by atoms with Crippen molar-refractivity contribution in [1.29, 1.82) is 0 Å². The van der Waals surface area contributed by atoms with E-state index in [1.165, 1.54) is 11.8 Å². The number of nitrogens with zero attached hydrogens (tertiary/aromatic N) is 4. The molecule has 0 saturated carbocycles. The Bertz CT molecular complexity index is 534. The van der Waals surface area contributed by atoms with Crippen LogP contribution in [0, 0.1) is 0 Å². The van der Waals surface area contributed by atoms with Gasteiger partial charge < -0.3 is 5.11 Å². The molecule has 0 saturated heterocycles. The Morgan fingerprint density at radius 3 is 2.94 bits per heavy atom. The highest BCUT2D eigenvalue weighted by atomic mass is 35.5. The number of thioether (sulfide) groups is 1. The summed E-state index contributed by atoms with van der Waals surface area (Å²) in [6, 6.07) is 5.32. The number of hydrogen-bond donors (Lipinski definition) is 1. The van der Waals surface area contributed by atoms with Gasteiger partial charge in [-0.1, -0.05) is 35.0 Å². The van der Waals surface area contributed by atoms with Crippen LogP contribution in [-0.4, -0.2) is 31.9 Å². The first-order valence-corrected chi connectivity index (χ1v) is 6.88. The largest absolute Gasteiger partial charge is 0.394 e. The van der Waals surface area contributed by atoms with Gasteiger partial charge in [-0.05, 0) is 34.2 Å². The smallest absolute Gasteiger partial charge is 0.209 e. The molecule has 96 valence electrons. The molecule has 0 aliphatic carbocycles.